The Hall–Kier alpha value is -2.22. The third kappa shape index (κ3) is 3.46. The van der Waals surface area contributed by atoms with Gasteiger partial charge < -0.3 is 5.43 Å². The van der Waals surface area contributed by atoms with E-state index in [2.05, 4.69) is 5.43 Å². The third-order valence-electron chi connectivity index (χ3n) is 2.78. The molecular formula is C11H15N5O4S. The smallest absolute Gasteiger partial charge is 0.313 e. The number of nitrogens with zero attached hydrogens (tertiary/aromatic N) is 3. The second-order valence-electron chi connectivity index (χ2n) is 4.37. The minimum atomic E-state index is -4.11. The zero-order valence-corrected chi connectivity index (χ0v) is 12.3. The summed E-state index contributed by atoms with van der Waals surface area (Å²) < 4.78 is 25.7. The van der Waals surface area contributed by atoms with Gasteiger partial charge in [0, 0.05) is 13.6 Å². The zero-order chi connectivity index (χ0) is 16.2. The molecule has 10 heteroatoms. The van der Waals surface area contributed by atoms with Crippen molar-refractivity contribution in [3.8, 4) is 6.07 Å². The van der Waals surface area contributed by atoms with Crippen LogP contribution >= 0.6 is 0 Å². The van der Waals surface area contributed by atoms with Crippen molar-refractivity contribution in [1.82, 2.24) is 4.31 Å². The summed E-state index contributed by atoms with van der Waals surface area (Å²) in [7, 11) is -2.85. The van der Waals surface area contributed by atoms with Crippen LogP contribution in [0, 0.1) is 27.4 Å². The maximum absolute atomic E-state index is 12.4. The number of nitrogen functional groups attached to an aromatic ring is 1. The number of hydrazine groups is 1. The van der Waals surface area contributed by atoms with E-state index in [9.17, 15) is 18.5 Å². The number of nitro groups is 1. The Balaban J connectivity index is 3.39. The van der Waals surface area contributed by atoms with Gasteiger partial charge in [-0.05, 0) is 19.1 Å². The van der Waals surface area contributed by atoms with Crippen LogP contribution in [-0.4, -0.2) is 31.2 Å². The highest BCUT2D eigenvalue weighted by molar-refractivity contribution is 7.89. The quantitative estimate of drug-likeness (QED) is 0.446. The third-order valence-corrected chi connectivity index (χ3v) is 4.63. The van der Waals surface area contributed by atoms with Crippen LogP contribution in [0.1, 0.15) is 6.92 Å². The molecule has 3 N–H and O–H groups in total. The van der Waals surface area contributed by atoms with Gasteiger partial charge in [0.1, 0.15) is 5.69 Å². The van der Waals surface area contributed by atoms with Crippen LogP contribution < -0.4 is 11.3 Å². The van der Waals surface area contributed by atoms with Gasteiger partial charge >= 0.3 is 5.69 Å². The molecule has 0 aliphatic heterocycles. The Labute approximate surface area is 122 Å². The first-order valence-electron chi connectivity index (χ1n) is 5.85. The number of nitrogens with one attached hydrogen (secondary N) is 1. The van der Waals surface area contributed by atoms with Gasteiger partial charge in [-0.25, -0.2) is 8.42 Å². The zero-order valence-electron chi connectivity index (χ0n) is 11.5. The fraction of sp³-hybridized carbons (Fsp3) is 0.364. The SMILES string of the molecule is CC(C#N)CN(C)S(=O)(=O)c1cccc(NN)c1[N+](=O)[O-]. The summed E-state index contributed by atoms with van der Waals surface area (Å²) >= 11 is 0. The minimum absolute atomic E-state index is 0.0731. The highest BCUT2D eigenvalue weighted by Crippen LogP contribution is 2.32. The van der Waals surface area contributed by atoms with Crippen LogP contribution in [0.3, 0.4) is 0 Å². The molecule has 1 aromatic carbocycles. The lowest BCUT2D eigenvalue weighted by atomic mass is 10.2. The number of nitriles is 1. The standard InChI is InChI=1S/C11H15N5O4S/c1-8(6-12)7-15(2)21(19,20)10-5-3-4-9(14-13)11(10)16(17)18/h3-5,8,14H,7,13H2,1-2H3. The van der Waals surface area contributed by atoms with Gasteiger partial charge in [-0.15, -0.1) is 0 Å². The summed E-state index contributed by atoms with van der Waals surface area (Å²) in [4.78, 5) is 9.83. The second-order valence-corrected chi connectivity index (χ2v) is 6.38. The molecule has 0 amide bonds. The van der Waals surface area contributed by atoms with Crippen LogP contribution in [0.4, 0.5) is 11.4 Å². The molecule has 0 spiro atoms. The first-order valence-corrected chi connectivity index (χ1v) is 7.29. The maximum atomic E-state index is 12.4. The summed E-state index contributed by atoms with van der Waals surface area (Å²) in [5.74, 6) is 4.63. The summed E-state index contributed by atoms with van der Waals surface area (Å²) in [5, 5.41) is 19.9. The topological polar surface area (TPSA) is 142 Å². The number of nitro benzene ring substituents is 1. The van der Waals surface area contributed by atoms with E-state index < -0.39 is 31.4 Å². The van der Waals surface area contributed by atoms with Crippen LogP contribution in [0.15, 0.2) is 23.1 Å². The molecule has 1 atom stereocenters. The van der Waals surface area contributed by atoms with Gasteiger partial charge in [-0.2, -0.15) is 9.57 Å². The average molecular weight is 313 g/mol. The van der Waals surface area contributed by atoms with E-state index in [1.54, 1.807) is 6.92 Å². The molecule has 0 radical (unpaired) electrons. The maximum Gasteiger partial charge on any atom is 0.313 e. The van der Waals surface area contributed by atoms with E-state index in [4.69, 9.17) is 11.1 Å². The molecule has 21 heavy (non-hydrogen) atoms. The number of benzene rings is 1. The minimum Gasteiger partial charge on any atom is -0.318 e. The molecular weight excluding hydrogens is 298 g/mol. The Bertz CT molecular complexity index is 682. The van der Waals surface area contributed by atoms with Crippen molar-refractivity contribution < 1.29 is 13.3 Å². The first-order chi connectivity index (χ1) is 9.75. The number of nitrogens with two attached hydrogens (primary N) is 1. The van der Waals surface area contributed by atoms with Gasteiger partial charge in [0.2, 0.25) is 10.0 Å². The molecule has 9 nitrogen and oxygen atoms in total. The summed E-state index contributed by atoms with van der Waals surface area (Å²) in [6.07, 6.45) is 0. The van der Waals surface area contributed by atoms with Gasteiger partial charge in [0.25, 0.3) is 0 Å². The van der Waals surface area contributed by atoms with Crippen molar-refractivity contribution in [2.75, 3.05) is 19.0 Å². The molecule has 1 unspecified atom stereocenters. The average Bonchev–Trinajstić information content (AvgIpc) is 2.45. The second kappa shape index (κ2) is 6.49. The predicted molar refractivity (Wildman–Crippen MR) is 75.5 cm³/mol. The van der Waals surface area contributed by atoms with E-state index in [0.717, 1.165) is 10.4 Å². The molecule has 0 aromatic heterocycles. The van der Waals surface area contributed by atoms with Crippen molar-refractivity contribution in [3.63, 3.8) is 0 Å². The Kier molecular flexibility index (Phi) is 5.20. The molecule has 0 heterocycles. The van der Waals surface area contributed by atoms with Crippen molar-refractivity contribution in [3.05, 3.63) is 28.3 Å². The number of para-hydroxylation sites is 1. The molecule has 1 rings (SSSR count). The fourth-order valence-corrected chi connectivity index (χ4v) is 3.16. The molecule has 0 fully saturated rings. The fourth-order valence-electron chi connectivity index (χ4n) is 1.73. The van der Waals surface area contributed by atoms with Gasteiger partial charge in [-0.3, -0.25) is 16.0 Å². The molecule has 1 aromatic rings. The van der Waals surface area contributed by atoms with E-state index in [1.165, 1.54) is 19.2 Å². The largest absolute Gasteiger partial charge is 0.318 e. The molecule has 0 aliphatic rings. The molecule has 0 saturated heterocycles. The molecule has 114 valence electrons. The first kappa shape index (κ1) is 16.8. The molecule has 0 saturated carbocycles. The summed E-state index contributed by atoms with van der Waals surface area (Å²) in [6.45, 7) is 1.48. The van der Waals surface area contributed by atoms with Crippen molar-refractivity contribution in [2.24, 2.45) is 11.8 Å². The lowest BCUT2D eigenvalue weighted by molar-refractivity contribution is -0.386. The lowest BCUT2D eigenvalue weighted by Gasteiger charge is -2.18. The van der Waals surface area contributed by atoms with E-state index in [0.29, 0.717) is 0 Å². The van der Waals surface area contributed by atoms with Crippen LogP contribution in [-0.2, 0) is 10.0 Å². The number of anilines is 1. The number of hydrogen-bond acceptors (Lipinski definition) is 7. The summed E-state index contributed by atoms with van der Waals surface area (Å²) in [5.41, 5.74) is 1.37. The van der Waals surface area contributed by atoms with Gasteiger partial charge in [0.05, 0.1) is 16.9 Å². The van der Waals surface area contributed by atoms with Crippen LogP contribution in [0.25, 0.3) is 0 Å². The van der Waals surface area contributed by atoms with Crippen LogP contribution in [0.2, 0.25) is 0 Å². The van der Waals surface area contributed by atoms with Crippen molar-refractivity contribution in [2.45, 2.75) is 11.8 Å². The van der Waals surface area contributed by atoms with Crippen LogP contribution in [0.5, 0.6) is 0 Å². The normalized spacial score (nSPS) is 12.7. The predicted octanol–water partition coefficient (Wildman–Crippen LogP) is 0.661. The highest BCUT2D eigenvalue weighted by Gasteiger charge is 2.32. The van der Waals surface area contributed by atoms with E-state index in [-0.39, 0.29) is 12.2 Å². The molecule has 0 bridgehead atoms. The lowest BCUT2D eigenvalue weighted by Crippen LogP contribution is -2.31. The van der Waals surface area contributed by atoms with Crippen molar-refractivity contribution in [1.29, 1.82) is 5.26 Å². The van der Waals surface area contributed by atoms with E-state index in [1.807, 2.05) is 6.07 Å². The summed E-state index contributed by atoms with van der Waals surface area (Å²) in [6, 6.07) is 5.68. The number of rotatable bonds is 6. The Morgan fingerprint density at radius 1 is 1.57 bits per heavy atom. The van der Waals surface area contributed by atoms with E-state index >= 15 is 0 Å². The number of sulfonamides is 1. The molecule has 0 aliphatic carbocycles. The van der Waals surface area contributed by atoms with Gasteiger partial charge in [-0.1, -0.05) is 6.07 Å². The van der Waals surface area contributed by atoms with Gasteiger partial charge in [0.15, 0.2) is 4.90 Å². The highest BCUT2D eigenvalue weighted by atomic mass is 32.2. The Morgan fingerprint density at radius 2 is 2.19 bits per heavy atom. The Morgan fingerprint density at radius 3 is 2.67 bits per heavy atom. The number of hydrogen-bond donors (Lipinski definition) is 2. The monoisotopic (exact) mass is 313 g/mol. The van der Waals surface area contributed by atoms with Crippen molar-refractivity contribution >= 4 is 21.4 Å².